The molecule has 2 aromatic carbocycles. The Hall–Kier alpha value is -3.08. The van der Waals surface area contributed by atoms with Crippen molar-refractivity contribution in [3.63, 3.8) is 0 Å². The molecular weight excluding hydrogens is 352 g/mol. The second-order valence-corrected chi connectivity index (χ2v) is 6.83. The van der Waals surface area contributed by atoms with Crippen molar-refractivity contribution in [2.75, 3.05) is 20.8 Å². The maximum Gasteiger partial charge on any atom is 0.256 e. The largest absolute Gasteiger partial charge is 0.493 e. The molecule has 0 spiro atoms. The predicted molar refractivity (Wildman–Crippen MR) is 111 cm³/mol. The van der Waals surface area contributed by atoms with E-state index in [2.05, 4.69) is 11.1 Å². The van der Waals surface area contributed by atoms with Crippen LogP contribution in [0.5, 0.6) is 11.5 Å². The van der Waals surface area contributed by atoms with Gasteiger partial charge in [0.15, 0.2) is 11.5 Å². The van der Waals surface area contributed by atoms with E-state index in [0.29, 0.717) is 30.2 Å². The van der Waals surface area contributed by atoms with Crippen molar-refractivity contribution in [2.24, 2.45) is 0 Å². The summed E-state index contributed by atoms with van der Waals surface area (Å²) in [7, 11) is 3.22. The summed E-state index contributed by atoms with van der Waals surface area (Å²) in [4.78, 5) is 19.7. The number of fused-ring (bicyclic) bond motifs is 1. The summed E-state index contributed by atoms with van der Waals surface area (Å²) in [6.07, 6.45) is 0. The van der Waals surface area contributed by atoms with Crippen LogP contribution in [0.1, 0.15) is 34.1 Å². The molecule has 0 unspecified atom stereocenters. The van der Waals surface area contributed by atoms with Gasteiger partial charge in [-0.25, -0.2) is 0 Å². The van der Waals surface area contributed by atoms with Gasteiger partial charge in [0.05, 0.1) is 31.0 Å². The van der Waals surface area contributed by atoms with Crippen LogP contribution in [0.4, 0.5) is 0 Å². The van der Waals surface area contributed by atoms with Crippen LogP contribution >= 0.6 is 0 Å². The summed E-state index contributed by atoms with van der Waals surface area (Å²) in [6.45, 7) is 6.99. The molecule has 0 saturated heterocycles. The first kappa shape index (κ1) is 19.7. The number of rotatable bonds is 6. The van der Waals surface area contributed by atoms with E-state index in [-0.39, 0.29) is 5.91 Å². The van der Waals surface area contributed by atoms with Gasteiger partial charge < -0.3 is 14.4 Å². The van der Waals surface area contributed by atoms with Gasteiger partial charge in [-0.1, -0.05) is 17.7 Å². The second-order valence-electron chi connectivity index (χ2n) is 6.83. The zero-order valence-corrected chi connectivity index (χ0v) is 17.1. The van der Waals surface area contributed by atoms with Gasteiger partial charge in [-0.2, -0.15) is 0 Å². The van der Waals surface area contributed by atoms with Gasteiger partial charge in [0.2, 0.25) is 0 Å². The van der Waals surface area contributed by atoms with Crippen molar-refractivity contribution in [2.45, 2.75) is 27.3 Å². The van der Waals surface area contributed by atoms with E-state index >= 15 is 0 Å². The number of methoxy groups -OCH3 is 2. The number of amides is 1. The van der Waals surface area contributed by atoms with E-state index in [9.17, 15) is 4.79 Å². The lowest BCUT2D eigenvalue weighted by Crippen LogP contribution is -2.31. The molecule has 3 aromatic rings. The topological polar surface area (TPSA) is 51.7 Å². The Kier molecular flexibility index (Phi) is 5.83. The van der Waals surface area contributed by atoms with Crippen molar-refractivity contribution in [1.82, 2.24) is 9.88 Å². The molecule has 0 radical (unpaired) electrons. The van der Waals surface area contributed by atoms with E-state index in [1.807, 2.05) is 62.1 Å². The number of ether oxygens (including phenoxy) is 2. The van der Waals surface area contributed by atoms with Crippen LogP contribution in [0.2, 0.25) is 0 Å². The van der Waals surface area contributed by atoms with Crippen LogP contribution in [0, 0.1) is 13.8 Å². The van der Waals surface area contributed by atoms with E-state index < -0.39 is 0 Å². The van der Waals surface area contributed by atoms with Crippen LogP contribution < -0.4 is 9.47 Å². The molecule has 5 heteroatoms. The number of benzene rings is 2. The second kappa shape index (κ2) is 8.30. The molecule has 0 atom stereocenters. The fourth-order valence-electron chi connectivity index (χ4n) is 3.31. The monoisotopic (exact) mass is 378 g/mol. The van der Waals surface area contributed by atoms with Gasteiger partial charge in [-0.15, -0.1) is 0 Å². The summed E-state index contributed by atoms with van der Waals surface area (Å²) in [5, 5.41) is 0.983. The molecule has 0 fully saturated rings. The number of pyridine rings is 1. The third-order valence-corrected chi connectivity index (χ3v) is 4.88. The van der Waals surface area contributed by atoms with Crippen molar-refractivity contribution in [3.8, 4) is 11.5 Å². The van der Waals surface area contributed by atoms with Crippen LogP contribution in [0.3, 0.4) is 0 Å². The Labute approximate surface area is 165 Å². The predicted octanol–water partition coefficient (Wildman–Crippen LogP) is 4.53. The van der Waals surface area contributed by atoms with Gasteiger partial charge >= 0.3 is 0 Å². The molecule has 5 nitrogen and oxygen atoms in total. The van der Waals surface area contributed by atoms with Gasteiger partial charge in [-0.3, -0.25) is 9.78 Å². The summed E-state index contributed by atoms with van der Waals surface area (Å²) in [5.74, 6) is 1.30. The summed E-state index contributed by atoms with van der Waals surface area (Å²) in [6, 6.07) is 13.8. The number of hydrogen-bond donors (Lipinski definition) is 0. The van der Waals surface area contributed by atoms with E-state index in [1.54, 1.807) is 14.2 Å². The van der Waals surface area contributed by atoms with Gasteiger partial charge in [-0.05, 0) is 56.7 Å². The SMILES string of the molecule is CCN(Cc1ccc(OC)c(OC)c1)C(=O)c1cc2cc(C)ccc2nc1C. The Balaban J connectivity index is 1.91. The van der Waals surface area contributed by atoms with Crippen molar-refractivity contribution in [1.29, 1.82) is 0 Å². The number of nitrogens with zero attached hydrogens (tertiary/aromatic N) is 2. The molecule has 0 N–H and O–H groups in total. The first-order chi connectivity index (χ1) is 13.5. The summed E-state index contributed by atoms with van der Waals surface area (Å²) in [5.41, 5.74) is 4.42. The maximum absolute atomic E-state index is 13.2. The highest BCUT2D eigenvalue weighted by Gasteiger charge is 2.19. The van der Waals surface area contributed by atoms with E-state index in [0.717, 1.165) is 27.7 Å². The van der Waals surface area contributed by atoms with E-state index in [4.69, 9.17) is 9.47 Å². The minimum atomic E-state index is -0.0225. The highest BCUT2D eigenvalue weighted by molar-refractivity contribution is 5.98. The van der Waals surface area contributed by atoms with Crippen LogP contribution in [-0.2, 0) is 6.54 Å². The average Bonchev–Trinajstić information content (AvgIpc) is 2.71. The first-order valence-corrected chi connectivity index (χ1v) is 9.35. The van der Waals surface area contributed by atoms with Crippen LogP contribution in [-0.4, -0.2) is 36.6 Å². The lowest BCUT2D eigenvalue weighted by molar-refractivity contribution is 0.0751. The molecule has 0 aliphatic carbocycles. The van der Waals surface area contributed by atoms with Gasteiger partial charge in [0.25, 0.3) is 5.91 Å². The minimum Gasteiger partial charge on any atom is -0.493 e. The third-order valence-electron chi connectivity index (χ3n) is 4.88. The Morgan fingerprint density at radius 2 is 1.75 bits per heavy atom. The normalized spacial score (nSPS) is 10.8. The van der Waals surface area contributed by atoms with Crippen molar-refractivity contribution >= 4 is 16.8 Å². The molecule has 0 aliphatic heterocycles. The van der Waals surface area contributed by atoms with Crippen molar-refractivity contribution in [3.05, 3.63) is 64.8 Å². The third kappa shape index (κ3) is 3.93. The molecule has 0 saturated carbocycles. The molecular formula is C23H26N2O3. The molecule has 0 bridgehead atoms. The Bertz CT molecular complexity index is 1010. The molecule has 3 rings (SSSR count). The van der Waals surface area contributed by atoms with E-state index in [1.165, 1.54) is 0 Å². The smallest absolute Gasteiger partial charge is 0.256 e. The highest BCUT2D eigenvalue weighted by atomic mass is 16.5. The summed E-state index contributed by atoms with van der Waals surface area (Å²) < 4.78 is 10.7. The molecule has 1 aromatic heterocycles. The lowest BCUT2D eigenvalue weighted by Gasteiger charge is -2.22. The quantitative estimate of drug-likeness (QED) is 0.632. The molecule has 0 aliphatic rings. The first-order valence-electron chi connectivity index (χ1n) is 9.35. The number of hydrogen-bond acceptors (Lipinski definition) is 4. The molecule has 146 valence electrons. The fraction of sp³-hybridized carbons (Fsp3) is 0.304. The highest BCUT2D eigenvalue weighted by Crippen LogP contribution is 2.28. The molecule has 1 amide bonds. The van der Waals surface area contributed by atoms with Crippen molar-refractivity contribution < 1.29 is 14.3 Å². The Morgan fingerprint density at radius 3 is 2.43 bits per heavy atom. The van der Waals surface area contributed by atoms with Crippen LogP contribution in [0.15, 0.2) is 42.5 Å². The molecule has 28 heavy (non-hydrogen) atoms. The Morgan fingerprint density at radius 1 is 1.00 bits per heavy atom. The number of carbonyl (C=O) groups excluding carboxylic acids is 1. The zero-order valence-electron chi connectivity index (χ0n) is 17.1. The number of carbonyl (C=O) groups is 1. The summed E-state index contributed by atoms with van der Waals surface area (Å²) >= 11 is 0. The maximum atomic E-state index is 13.2. The number of aromatic nitrogens is 1. The fourth-order valence-corrected chi connectivity index (χ4v) is 3.31. The lowest BCUT2D eigenvalue weighted by atomic mass is 10.1. The number of aryl methyl sites for hydroxylation is 2. The average molecular weight is 378 g/mol. The zero-order chi connectivity index (χ0) is 20.3. The van der Waals surface area contributed by atoms with Crippen LogP contribution in [0.25, 0.3) is 10.9 Å². The van der Waals surface area contributed by atoms with Gasteiger partial charge in [0.1, 0.15) is 0 Å². The standard InChI is InChI=1S/C23H26N2O3/c1-6-25(14-17-8-10-21(27-4)22(12-17)28-5)23(26)19-13-18-11-15(2)7-9-20(18)24-16(19)3/h7-13H,6,14H2,1-5H3. The van der Waals surface area contributed by atoms with Gasteiger partial charge in [0, 0.05) is 18.5 Å². The minimum absolute atomic E-state index is 0.0225. The molecule has 1 heterocycles.